The van der Waals surface area contributed by atoms with Gasteiger partial charge in [0, 0.05) is 5.28 Å². The monoisotopic (exact) mass is 429 g/mol. The standard InChI is InChI=1S/C21H23N3O5S/c1-28-17-11-15(13-4-6-14(7-5-13)21(26)27)8-9-16(17)20(25)23-24-22-12-18(29-24)19-3-2-10-30-19/h2-3,8-14,22H,4-7H2,1H3,(H,23,25)(H,26,27)/t13-,14-. The van der Waals surface area contributed by atoms with Gasteiger partial charge in [-0.1, -0.05) is 12.1 Å². The smallest absolute Gasteiger partial charge is 0.306 e. The predicted octanol–water partition coefficient (Wildman–Crippen LogP) is 3.51. The van der Waals surface area contributed by atoms with Crippen molar-refractivity contribution in [3.8, 4) is 5.75 Å². The molecule has 0 saturated heterocycles. The fraction of sp³-hybridized carbons (Fsp3) is 0.333. The molecule has 158 valence electrons. The molecule has 2 aromatic rings. The zero-order valence-corrected chi connectivity index (χ0v) is 17.3. The molecule has 1 aromatic carbocycles. The number of carbonyl (C=O) groups excluding carboxylic acids is 1. The summed E-state index contributed by atoms with van der Waals surface area (Å²) >= 11 is 1.54. The second-order valence-corrected chi connectivity index (χ2v) is 8.24. The van der Waals surface area contributed by atoms with E-state index >= 15 is 0 Å². The normalized spacial score (nSPS) is 21.3. The summed E-state index contributed by atoms with van der Waals surface area (Å²) in [6.45, 7) is 0. The topological polar surface area (TPSA) is 100 Å². The molecule has 4 rings (SSSR count). The number of nitrogens with zero attached hydrogens (tertiary/aromatic N) is 1. The lowest BCUT2D eigenvalue weighted by Gasteiger charge is -2.27. The first kappa shape index (κ1) is 20.2. The summed E-state index contributed by atoms with van der Waals surface area (Å²) in [6, 6.07) is 9.36. The Morgan fingerprint density at radius 3 is 2.73 bits per heavy atom. The van der Waals surface area contributed by atoms with Gasteiger partial charge in [0.1, 0.15) is 5.75 Å². The van der Waals surface area contributed by atoms with Crippen molar-refractivity contribution in [1.29, 1.82) is 0 Å². The number of carboxylic acids is 1. The van der Waals surface area contributed by atoms with Gasteiger partial charge in [-0.25, -0.2) is 5.43 Å². The minimum absolute atomic E-state index is 0.256. The summed E-state index contributed by atoms with van der Waals surface area (Å²) in [5.74, 6) is 0.0102. The number of ether oxygens (including phenoxy) is 1. The van der Waals surface area contributed by atoms with E-state index in [9.17, 15) is 14.7 Å². The molecular formula is C21H23N3O5S. The van der Waals surface area contributed by atoms with Crippen LogP contribution in [0.15, 0.2) is 41.9 Å². The maximum Gasteiger partial charge on any atom is 0.306 e. The highest BCUT2D eigenvalue weighted by atomic mass is 32.1. The molecule has 3 N–H and O–H groups in total. The average molecular weight is 429 g/mol. The fourth-order valence-corrected chi connectivity index (χ4v) is 4.51. The van der Waals surface area contributed by atoms with Crippen molar-refractivity contribution in [3.63, 3.8) is 0 Å². The molecule has 0 bridgehead atoms. The zero-order chi connectivity index (χ0) is 21.1. The number of nitrogens with one attached hydrogen (secondary N) is 2. The van der Waals surface area contributed by atoms with E-state index in [1.54, 1.807) is 12.3 Å². The molecule has 30 heavy (non-hydrogen) atoms. The van der Waals surface area contributed by atoms with Crippen molar-refractivity contribution in [2.75, 3.05) is 7.11 Å². The van der Waals surface area contributed by atoms with E-state index in [1.165, 1.54) is 18.4 Å². The lowest BCUT2D eigenvalue weighted by molar-refractivity contribution is -0.142. The van der Waals surface area contributed by atoms with Gasteiger partial charge in [-0.2, -0.15) is 0 Å². The van der Waals surface area contributed by atoms with E-state index in [-0.39, 0.29) is 17.7 Å². The highest BCUT2D eigenvalue weighted by Gasteiger charge is 2.28. The minimum Gasteiger partial charge on any atom is -0.496 e. The Bertz CT molecular complexity index is 952. The first-order valence-electron chi connectivity index (χ1n) is 9.75. The molecular weight excluding hydrogens is 406 g/mol. The predicted molar refractivity (Wildman–Crippen MR) is 111 cm³/mol. The van der Waals surface area contributed by atoms with Crippen LogP contribution in [-0.2, 0) is 9.63 Å². The Morgan fingerprint density at radius 1 is 1.27 bits per heavy atom. The number of hydrogen-bond acceptors (Lipinski definition) is 7. The lowest BCUT2D eigenvalue weighted by Crippen LogP contribution is -2.45. The number of hydrazine groups is 2. The number of carbonyl (C=O) groups is 2. The van der Waals surface area contributed by atoms with Crippen molar-refractivity contribution in [2.45, 2.75) is 31.6 Å². The molecule has 1 saturated carbocycles. The van der Waals surface area contributed by atoms with Crippen LogP contribution in [0.3, 0.4) is 0 Å². The summed E-state index contributed by atoms with van der Waals surface area (Å²) < 4.78 is 5.46. The van der Waals surface area contributed by atoms with Crippen molar-refractivity contribution in [1.82, 2.24) is 16.1 Å². The highest BCUT2D eigenvalue weighted by Crippen LogP contribution is 2.37. The van der Waals surface area contributed by atoms with Crippen LogP contribution in [0.25, 0.3) is 5.76 Å². The number of benzene rings is 1. The van der Waals surface area contributed by atoms with Gasteiger partial charge in [-0.3, -0.25) is 15.0 Å². The van der Waals surface area contributed by atoms with Gasteiger partial charge in [0.05, 0.1) is 29.7 Å². The number of thiophene rings is 1. The number of methoxy groups -OCH3 is 1. The molecule has 0 unspecified atom stereocenters. The third-order valence-corrected chi connectivity index (χ3v) is 6.37. The minimum atomic E-state index is -0.715. The molecule has 1 aliphatic heterocycles. The molecule has 0 atom stereocenters. The molecule has 0 radical (unpaired) electrons. The summed E-state index contributed by atoms with van der Waals surface area (Å²) in [7, 11) is 1.53. The van der Waals surface area contributed by atoms with Gasteiger partial charge >= 0.3 is 5.97 Å². The van der Waals surface area contributed by atoms with Crippen LogP contribution in [0.4, 0.5) is 0 Å². The Kier molecular flexibility index (Phi) is 5.91. The summed E-state index contributed by atoms with van der Waals surface area (Å²) in [6.07, 6.45) is 4.63. The van der Waals surface area contributed by atoms with Gasteiger partial charge in [-0.15, -0.1) is 11.3 Å². The molecule has 9 heteroatoms. The second kappa shape index (κ2) is 8.76. The third-order valence-electron chi connectivity index (χ3n) is 5.49. The highest BCUT2D eigenvalue weighted by molar-refractivity contribution is 7.11. The Morgan fingerprint density at radius 2 is 2.07 bits per heavy atom. The van der Waals surface area contributed by atoms with E-state index in [4.69, 9.17) is 9.57 Å². The number of rotatable bonds is 6. The molecule has 1 aromatic heterocycles. The van der Waals surface area contributed by atoms with Gasteiger partial charge in [-0.05, 0) is 60.7 Å². The van der Waals surface area contributed by atoms with Crippen LogP contribution in [-0.4, -0.2) is 29.4 Å². The van der Waals surface area contributed by atoms with E-state index in [2.05, 4.69) is 10.9 Å². The van der Waals surface area contributed by atoms with Crippen molar-refractivity contribution >= 4 is 29.0 Å². The van der Waals surface area contributed by atoms with Gasteiger partial charge in [0.2, 0.25) is 0 Å². The van der Waals surface area contributed by atoms with Crippen molar-refractivity contribution < 1.29 is 24.3 Å². The Balaban J connectivity index is 1.39. The van der Waals surface area contributed by atoms with E-state index in [0.29, 0.717) is 29.9 Å². The van der Waals surface area contributed by atoms with Crippen LogP contribution >= 0.6 is 11.3 Å². The Hall–Kier alpha value is -3.04. The quantitative estimate of drug-likeness (QED) is 0.646. The fourth-order valence-electron chi connectivity index (χ4n) is 3.83. The van der Waals surface area contributed by atoms with Crippen LogP contribution in [0.5, 0.6) is 5.75 Å². The SMILES string of the molecule is COc1cc([C@H]2CC[C@H](C(=O)O)CC2)ccc1C(=O)NN1NC=C(c2cccs2)O1. The maximum atomic E-state index is 12.7. The van der Waals surface area contributed by atoms with Gasteiger partial charge in [0.15, 0.2) is 5.76 Å². The lowest BCUT2D eigenvalue weighted by atomic mass is 9.78. The van der Waals surface area contributed by atoms with Gasteiger partial charge in [0.25, 0.3) is 5.91 Å². The summed E-state index contributed by atoms with van der Waals surface area (Å²) in [5.41, 5.74) is 6.94. The zero-order valence-electron chi connectivity index (χ0n) is 16.5. The largest absolute Gasteiger partial charge is 0.496 e. The molecule has 1 aliphatic carbocycles. The molecule has 0 spiro atoms. The average Bonchev–Trinajstić information content (AvgIpc) is 3.45. The Labute approximate surface area is 178 Å². The van der Waals surface area contributed by atoms with Gasteiger partial charge < -0.3 is 14.7 Å². The third kappa shape index (κ3) is 4.27. The van der Waals surface area contributed by atoms with E-state index in [0.717, 1.165) is 28.6 Å². The number of hydrogen-bond donors (Lipinski definition) is 3. The van der Waals surface area contributed by atoms with Crippen molar-refractivity contribution in [2.24, 2.45) is 5.92 Å². The first-order valence-corrected chi connectivity index (χ1v) is 10.6. The number of amides is 1. The first-order chi connectivity index (χ1) is 14.5. The molecule has 2 heterocycles. The molecule has 8 nitrogen and oxygen atoms in total. The van der Waals surface area contributed by atoms with Crippen LogP contribution < -0.4 is 15.6 Å². The van der Waals surface area contributed by atoms with Crippen LogP contribution in [0, 0.1) is 5.92 Å². The number of aliphatic carboxylic acids is 1. The summed E-state index contributed by atoms with van der Waals surface area (Å²) in [5, 5.41) is 12.3. The summed E-state index contributed by atoms with van der Waals surface area (Å²) in [4.78, 5) is 30.4. The van der Waals surface area contributed by atoms with E-state index < -0.39 is 5.97 Å². The van der Waals surface area contributed by atoms with Crippen LogP contribution in [0.1, 0.15) is 52.4 Å². The van der Waals surface area contributed by atoms with E-state index in [1.807, 2.05) is 29.6 Å². The molecule has 1 amide bonds. The van der Waals surface area contributed by atoms with Crippen molar-refractivity contribution in [3.05, 3.63) is 57.9 Å². The molecule has 1 fully saturated rings. The van der Waals surface area contributed by atoms with Crippen LogP contribution in [0.2, 0.25) is 0 Å². The second-order valence-electron chi connectivity index (χ2n) is 7.29. The molecule has 2 aliphatic rings. The number of carboxylic acid groups (broad SMARTS) is 1. The maximum absolute atomic E-state index is 12.7.